The first-order chi connectivity index (χ1) is 8.89. The molecule has 2 aliphatic heterocycles. The molecule has 2 aliphatic rings. The fraction of sp³-hybridized carbons (Fsp3) is 0.846. The number of carbonyl (C=O) groups is 2. The first-order valence-electron chi connectivity index (χ1n) is 6.77. The summed E-state index contributed by atoms with van der Waals surface area (Å²) in [6.45, 7) is 8.35. The van der Waals surface area contributed by atoms with Crippen LogP contribution in [0, 0.1) is 11.3 Å². The Hall–Kier alpha value is -0.460. The molecule has 0 bridgehead atoms. The highest BCUT2D eigenvalue weighted by Crippen LogP contribution is 2.27. The maximum Gasteiger partial charge on any atom is 0.243 e. The van der Waals surface area contributed by atoms with E-state index in [0.29, 0.717) is 24.1 Å². The lowest BCUT2D eigenvalue weighted by Crippen LogP contribution is -2.53. The summed E-state index contributed by atoms with van der Waals surface area (Å²) in [4.78, 5) is 26.2. The first-order valence-corrected chi connectivity index (χ1v) is 7.92. The summed E-state index contributed by atoms with van der Waals surface area (Å²) in [6.07, 6.45) is 0. The summed E-state index contributed by atoms with van der Waals surface area (Å²) in [5.74, 6) is 1.93. The van der Waals surface area contributed by atoms with Gasteiger partial charge in [0.2, 0.25) is 11.8 Å². The lowest BCUT2D eigenvalue weighted by Gasteiger charge is -2.31. The number of amides is 2. The van der Waals surface area contributed by atoms with Gasteiger partial charge in [-0.15, -0.1) is 24.2 Å². The first kappa shape index (κ1) is 17.6. The third kappa shape index (κ3) is 4.02. The van der Waals surface area contributed by atoms with Crippen LogP contribution in [0.4, 0.5) is 0 Å². The highest BCUT2D eigenvalue weighted by atomic mass is 35.5. The number of hydrogen-bond donors (Lipinski definition) is 2. The van der Waals surface area contributed by atoms with Gasteiger partial charge in [-0.05, 0) is 0 Å². The Kier molecular flexibility index (Phi) is 6.16. The lowest BCUT2D eigenvalue weighted by atomic mass is 9.94. The number of carbonyl (C=O) groups excluding carboxylic acids is 2. The van der Waals surface area contributed by atoms with Crippen LogP contribution in [0.2, 0.25) is 0 Å². The summed E-state index contributed by atoms with van der Waals surface area (Å²) in [7, 11) is 0. The summed E-state index contributed by atoms with van der Waals surface area (Å²) in [5, 5.41) is 6.16. The zero-order valence-corrected chi connectivity index (χ0v) is 13.9. The fourth-order valence-electron chi connectivity index (χ4n) is 2.15. The molecule has 2 N–H and O–H groups in total. The smallest absolute Gasteiger partial charge is 0.243 e. The largest absolute Gasteiger partial charge is 0.354 e. The van der Waals surface area contributed by atoms with Crippen LogP contribution in [-0.4, -0.2) is 54.0 Å². The van der Waals surface area contributed by atoms with Crippen LogP contribution in [0.25, 0.3) is 0 Å². The van der Waals surface area contributed by atoms with Crippen molar-refractivity contribution in [3.8, 4) is 0 Å². The molecule has 0 aliphatic carbocycles. The summed E-state index contributed by atoms with van der Waals surface area (Å²) < 4.78 is 0. The second kappa shape index (κ2) is 7.00. The molecule has 1 atom stereocenters. The van der Waals surface area contributed by atoms with Crippen LogP contribution < -0.4 is 10.6 Å². The highest BCUT2D eigenvalue weighted by molar-refractivity contribution is 7.99. The minimum Gasteiger partial charge on any atom is -0.354 e. The molecule has 0 spiro atoms. The van der Waals surface area contributed by atoms with E-state index in [-0.39, 0.29) is 30.3 Å². The maximum absolute atomic E-state index is 12.3. The minimum atomic E-state index is -0.429. The number of nitrogens with zero attached hydrogens (tertiary/aromatic N) is 1. The van der Waals surface area contributed by atoms with Crippen molar-refractivity contribution in [2.75, 3.05) is 31.3 Å². The van der Waals surface area contributed by atoms with Gasteiger partial charge in [-0.2, -0.15) is 0 Å². The molecule has 0 aromatic heterocycles. The van der Waals surface area contributed by atoms with Crippen molar-refractivity contribution in [1.82, 2.24) is 15.5 Å². The molecule has 2 amide bonds. The predicted octanol–water partition coefficient (Wildman–Crippen LogP) is 0.691. The SMILES string of the molecule is CC(C)(C)C(=O)N1CSCC1C(=O)NCC1CNC1.Cl. The maximum atomic E-state index is 12.3. The minimum absolute atomic E-state index is 0. The molecular weight excluding hydrogens is 298 g/mol. The van der Waals surface area contributed by atoms with Gasteiger partial charge in [-0.1, -0.05) is 20.8 Å². The number of thioether (sulfide) groups is 1. The van der Waals surface area contributed by atoms with Crippen molar-refractivity contribution in [1.29, 1.82) is 0 Å². The van der Waals surface area contributed by atoms with E-state index in [1.165, 1.54) is 0 Å². The van der Waals surface area contributed by atoms with Gasteiger partial charge in [-0.3, -0.25) is 9.59 Å². The Bertz CT molecular complexity index is 369. The van der Waals surface area contributed by atoms with Gasteiger partial charge in [0.1, 0.15) is 6.04 Å². The summed E-state index contributed by atoms with van der Waals surface area (Å²) in [6, 6.07) is -0.301. The highest BCUT2D eigenvalue weighted by Gasteiger charge is 2.39. The molecule has 20 heavy (non-hydrogen) atoms. The number of rotatable bonds is 3. The van der Waals surface area contributed by atoms with E-state index in [4.69, 9.17) is 0 Å². The van der Waals surface area contributed by atoms with E-state index >= 15 is 0 Å². The second-order valence-electron chi connectivity index (χ2n) is 6.31. The molecule has 116 valence electrons. The Balaban J connectivity index is 0.00000200. The Morgan fingerprint density at radius 3 is 2.50 bits per heavy atom. The zero-order valence-electron chi connectivity index (χ0n) is 12.3. The summed E-state index contributed by atoms with van der Waals surface area (Å²) >= 11 is 1.65. The quantitative estimate of drug-likeness (QED) is 0.803. The van der Waals surface area contributed by atoms with E-state index in [1.807, 2.05) is 20.8 Å². The van der Waals surface area contributed by atoms with Gasteiger partial charge >= 0.3 is 0 Å². The van der Waals surface area contributed by atoms with Crippen molar-refractivity contribution in [3.63, 3.8) is 0 Å². The molecule has 2 fully saturated rings. The van der Waals surface area contributed by atoms with Crippen LogP contribution >= 0.6 is 24.2 Å². The Labute approximate surface area is 131 Å². The van der Waals surface area contributed by atoms with Crippen LogP contribution in [0.1, 0.15) is 20.8 Å². The van der Waals surface area contributed by atoms with Crippen LogP contribution in [-0.2, 0) is 9.59 Å². The molecule has 5 nitrogen and oxygen atoms in total. The molecule has 2 saturated heterocycles. The molecular formula is C13H24ClN3O2S. The molecule has 1 unspecified atom stereocenters. The standard InChI is InChI=1S/C13H23N3O2S.ClH/c1-13(2,3)12(18)16-8-19-7-10(16)11(17)15-6-9-4-14-5-9;/h9-10,14H,4-8H2,1-3H3,(H,15,17);1H. The fourth-order valence-corrected chi connectivity index (χ4v) is 3.30. The normalized spacial score (nSPS) is 22.9. The van der Waals surface area contributed by atoms with Gasteiger partial charge in [0.25, 0.3) is 0 Å². The molecule has 2 rings (SSSR count). The van der Waals surface area contributed by atoms with Gasteiger partial charge in [0, 0.05) is 36.7 Å². The molecule has 0 radical (unpaired) electrons. The molecule has 7 heteroatoms. The van der Waals surface area contributed by atoms with Crippen LogP contribution in [0.5, 0.6) is 0 Å². The van der Waals surface area contributed by atoms with Gasteiger partial charge in [-0.25, -0.2) is 0 Å². The second-order valence-corrected chi connectivity index (χ2v) is 7.31. The van der Waals surface area contributed by atoms with Crippen molar-refractivity contribution >= 4 is 36.0 Å². The van der Waals surface area contributed by atoms with Crippen molar-refractivity contribution < 1.29 is 9.59 Å². The molecule has 0 aromatic rings. The zero-order chi connectivity index (χ0) is 14.0. The average Bonchev–Trinajstić information content (AvgIpc) is 2.72. The number of nitrogens with one attached hydrogen (secondary N) is 2. The van der Waals surface area contributed by atoms with E-state index in [1.54, 1.807) is 16.7 Å². The van der Waals surface area contributed by atoms with Crippen molar-refractivity contribution in [2.45, 2.75) is 26.8 Å². The average molecular weight is 322 g/mol. The molecule has 0 saturated carbocycles. The van der Waals surface area contributed by atoms with E-state index in [0.717, 1.165) is 13.1 Å². The molecule has 2 heterocycles. The molecule has 0 aromatic carbocycles. The van der Waals surface area contributed by atoms with E-state index in [9.17, 15) is 9.59 Å². The van der Waals surface area contributed by atoms with Gasteiger partial charge < -0.3 is 15.5 Å². The number of halogens is 1. The third-order valence-electron chi connectivity index (χ3n) is 3.52. The van der Waals surface area contributed by atoms with Crippen molar-refractivity contribution in [2.24, 2.45) is 11.3 Å². The monoisotopic (exact) mass is 321 g/mol. The number of hydrogen-bond acceptors (Lipinski definition) is 4. The van der Waals surface area contributed by atoms with Crippen molar-refractivity contribution in [3.05, 3.63) is 0 Å². The lowest BCUT2D eigenvalue weighted by molar-refractivity contribution is -0.144. The third-order valence-corrected chi connectivity index (χ3v) is 4.53. The predicted molar refractivity (Wildman–Crippen MR) is 84.0 cm³/mol. The van der Waals surface area contributed by atoms with Crippen LogP contribution in [0.3, 0.4) is 0 Å². The Morgan fingerprint density at radius 1 is 1.35 bits per heavy atom. The van der Waals surface area contributed by atoms with E-state index < -0.39 is 5.41 Å². The topological polar surface area (TPSA) is 61.4 Å². The van der Waals surface area contributed by atoms with E-state index in [2.05, 4.69) is 10.6 Å². The van der Waals surface area contributed by atoms with Gasteiger partial charge in [0.15, 0.2) is 0 Å². The van der Waals surface area contributed by atoms with Crippen LogP contribution in [0.15, 0.2) is 0 Å². The Morgan fingerprint density at radius 2 is 2.00 bits per heavy atom. The summed E-state index contributed by atoms with van der Waals surface area (Å²) in [5.41, 5.74) is -0.429. The van der Waals surface area contributed by atoms with Gasteiger partial charge in [0.05, 0.1) is 5.88 Å².